The van der Waals surface area contributed by atoms with E-state index in [4.69, 9.17) is 5.11 Å². The van der Waals surface area contributed by atoms with Crippen molar-refractivity contribution >= 4 is 18.0 Å². The predicted octanol–water partition coefficient (Wildman–Crippen LogP) is 1.13. The maximum absolute atomic E-state index is 11.6. The highest BCUT2D eigenvalue weighted by molar-refractivity contribution is 5.83. The Bertz CT molecular complexity index is 346. The highest BCUT2D eigenvalue weighted by atomic mass is 16.5. The first-order valence-electron chi connectivity index (χ1n) is 6.65. The number of carboxylic acids is 1. The van der Waals surface area contributed by atoms with Gasteiger partial charge in [0.2, 0.25) is 0 Å². The van der Waals surface area contributed by atoms with Gasteiger partial charge in [0.15, 0.2) is 0 Å². The van der Waals surface area contributed by atoms with Gasteiger partial charge in [-0.25, -0.2) is 9.59 Å². The normalized spacial score (nSPS) is 14.8. The molecule has 0 aromatic heterocycles. The molecule has 116 valence electrons. The standard InChI is InChI=1S/C13H24N2O5/c1-8(11(16)17)6-5-7-9(2)14-13(19)15-10(3)12(18)20-4/h8-10H,5-7H2,1-4H3,(H,16,17)(H2,14,15,19). The smallest absolute Gasteiger partial charge is 0.328 e. The largest absolute Gasteiger partial charge is 0.481 e. The van der Waals surface area contributed by atoms with Crippen LogP contribution in [0.4, 0.5) is 4.79 Å². The molecule has 0 saturated carbocycles. The van der Waals surface area contributed by atoms with Gasteiger partial charge in [-0.1, -0.05) is 13.3 Å². The molecule has 0 aliphatic heterocycles. The van der Waals surface area contributed by atoms with Gasteiger partial charge >= 0.3 is 18.0 Å². The van der Waals surface area contributed by atoms with Gasteiger partial charge < -0.3 is 20.5 Å². The maximum atomic E-state index is 11.6. The van der Waals surface area contributed by atoms with E-state index >= 15 is 0 Å². The first-order valence-corrected chi connectivity index (χ1v) is 6.65. The van der Waals surface area contributed by atoms with E-state index in [1.54, 1.807) is 6.92 Å². The summed E-state index contributed by atoms with van der Waals surface area (Å²) in [5.41, 5.74) is 0. The molecular weight excluding hydrogens is 264 g/mol. The van der Waals surface area contributed by atoms with E-state index in [1.165, 1.54) is 14.0 Å². The molecule has 7 nitrogen and oxygen atoms in total. The van der Waals surface area contributed by atoms with Gasteiger partial charge in [0.1, 0.15) is 6.04 Å². The summed E-state index contributed by atoms with van der Waals surface area (Å²) in [6.07, 6.45) is 1.96. The minimum absolute atomic E-state index is 0.0964. The Labute approximate surface area is 119 Å². The Morgan fingerprint density at radius 2 is 1.70 bits per heavy atom. The number of carboxylic acid groups (broad SMARTS) is 1. The Kier molecular flexibility index (Phi) is 8.35. The number of hydrogen-bond acceptors (Lipinski definition) is 4. The van der Waals surface area contributed by atoms with Crippen LogP contribution in [0.25, 0.3) is 0 Å². The number of nitrogens with one attached hydrogen (secondary N) is 2. The monoisotopic (exact) mass is 288 g/mol. The van der Waals surface area contributed by atoms with Crippen LogP contribution < -0.4 is 10.6 Å². The number of carbonyl (C=O) groups is 3. The number of methoxy groups -OCH3 is 1. The number of amides is 2. The van der Waals surface area contributed by atoms with E-state index in [0.29, 0.717) is 19.3 Å². The molecule has 3 atom stereocenters. The minimum Gasteiger partial charge on any atom is -0.481 e. The number of aliphatic carboxylic acids is 1. The molecular formula is C13H24N2O5. The number of urea groups is 1. The fraction of sp³-hybridized carbons (Fsp3) is 0.769. The molecule has 0 saturated heterocycles. The first-order chi connectivity index (χ1) is 9.27. The second-order valence-electron chi connectivity index (χ2n) is 4.93. The lowest BCUT2D eigenvalue weighted by molar-refractivity contribution is -0.142. The molecule has 0 radical (unpaired) electrons. The zero-order chi connectivity index (χ0) is 15.7. The molecule has 20 heavy (non-hydrogen) atoms. The summed E-state index contributed by atoms with van der Waals surface area (Å²) in [4.78, 5) is 33.3. The summed E-state index contributed by atoms with van der Waals surface area (Å²) in [6.45, 7) is 5.02. The lowest BCUT2D eigenvalue weighted by Crippen LogP contribution is -2.47. The zero-order valence-corrected chi connectivity index (χ0v) is 12.4. The van der Waals surface area contributed by atoms with Gasteiger partial charge in [-0.2, -0.15) is 0 Å². The molecule has 0 rings (SSSR count). The van der Waals surface area contributed by atoms with Gasteiger partial charge in [0, 0.05) is 6.04 Å². The fourth-order valence-electron chi connectivity index (χ4n) is 1.62. The molecule has 7 heteroatoms. The average molecular weight is 288 g/mol. The summed E-state index contributed by atoms with van der Waals surface area (Å²) in [5, 5.41) is 13.9. The summed E-state index contributed by atoms with van der Waals surface area (Å²) in [7, 11) is 1.25. The van der Waals surface area contributed by atoms with Crippen molar-refractivity contribution in [3.63, 3.8) is 0 Å². The third-order valence-corrected chi connectivity index (χ3v) is 2.98. The van der Waals surface area contributed by atoms with Crippen molar-refractivity contribution in [1.29, 1.82) is 0 Å². The molecule has 3 N–H and O–H groups in total. The van der Waals surface area contributed by atoms with Gasteiger partial charge in [0.25, 0.3) is 0 Å². The van der Waals surface area contributed by atoms with Crippen LogP contribution in [0.5, 0.6) is 0 Å². The number of hydrogen-bond donors (Lipinski definition) is 3. The molecule has 0 aromatic carbocycles. The molecule has 0 aliphatic rings. The molecule has 0 aliphatic carbocycles. The highest BCUT2D eigenvalue weighted by Crippen LogP contribution is 2.09. The van der Waals surface area contributed by atoms with Crippen LogP contribution >= 0.6 is 0 Å². The van der Waals surface area contributed by atoms with E-state index in [9.17, 15) is 14.4 Å². The highest BCUT2D eigenvalue weighted by Gasteiger charge is 2.17. The predicted molar refractivity (Wildman–Crippen MR) is 73.3 cm³/mol. The first kappa shape index (κ1) is 18.2. The van der Waals surface area contributed by atoms with E-state index in [1.807, 2.05) is 6.92 Å². The summed E-state index contributed by atoms with van der Waals surface area (Å²) < 4.78 is 4.49. The molecule has 0 bridgehead atoms. The topological polar surface area (TPSA) is 105 Å². The van der Waals surface area contributed by atoms with E-state index in [2.05, 4.69) is 15.4 Å². The zero-order valence-electron chi connectivity index (χ0n) is 12.4. The lowest BCUT2D eigenvalue weighted by atomic mass is 10.0. The summed E-state index contributed by atoms with van der Waals surface area (Å²) in [6, 6.07) is -1.25. The van der Waals surface area contributed by atoms with E-state index in [0.717, 1.165) is 0 Å². The van der Waals surface area contributed by atoms with Crippen molar-refractivity contribution in [2.45, 2.75) is 52.1 Å². The lowest BCUT2D eigenvalue weighted by Gasteiger charge is -2.17. The molecule has 3 unspecified atom stereocenters. The van der Waals surface area contributed by atoms with Crippen LogP contribution in [0, 0.1) is 5.92 Å². The van der Waals surface area contributed by atoms with Crippen molar-refractivity contribution in [3.05, 3.63) is 0 Å². The number of rotatable bonds is 8. The van der Waals surface area contributed by atoms with Crippen LogP contribution in [0.1, 0.15) is 40.0 Å². The molecule has 2 amide bonds. The van der Waals surface area contributed by atoms with Gasteiger partial charge in [-0.3, -0.25) is 4.79 Å². The molecule has 0 spiro atoms. The van der Waals surface area contributed by atoms with Crippen LogP contribution in [0.3, 0.4) is 0 Å². The second-order valence-corrected chi connectivity index (χ2v) is 4.93. The van der Waals surface area contributed by atoms with Gasteiger partial charge in [-0.15, -0.1) is 0 Å². The quantitative estimate of drug-likeness (QED) is 0.581. The summed E-state index contributed by atoms with van der Waals surface area (Å²) in [5.74, 6) is -1.70. The van der Waals surface area contributed by atoms with Crippen molar-refractivity contribution < 1.29 is 24.2 Å². The Balaban J connectivity index is 3.91. The Morgan fingerprint density at radius 3 is 2.20 bits per heavy atom. The fourth-order valence-corrected chi connectivity index (χ4v) is 1.62. The molecule has 0 aromatic rings. The number of esters is 1. The van der Waals surface area contributed by atoms with Crippen molar-refractivity contribution in [2.75, 3.05) is 7.11 Å². The van der Waals surface area contributed by atoms with Gasteiger partial charge in [-0.05, 0) is 26.7 Å². The van der Waals surface area contributed by atoms with E-state index < -0.39 is 24.0 Å². The van der Waals surface area contributed by atoms with Crippen LogP contribution in [0.15, 0.2) is 0 Å². The van der Waals surface area contributed by atoms with Crippen molar-refractivity contribution in [1.82, 2.24) is 10.6 Å². The SMILES string of the molecule is COC(=O)C(C)NC(=O)NC(C)CCCC(C)C(=O)O. The summed E-state index contributed by atoms with van der Waals surface area (Å²) >= 11 is 0. The van der Waals surface area contributed by atoms with Crippen LogP contribution in [0.2, 0.25) is 0 Å². The van der Waals surface area contributed by atoms with E-state index in [-0.39, 0.29) is 12.0 Å². The maximum Gasteiger partial charge on any atom is 0.328 e. The number of carbonyl (C=O) groups excluding carboxylic acids is 2. The molecule has 0 heterocycles. The Morgan fingerprint density at radius 1 is 1.10 bits per heavy atom. The van der Waals surface area contributed by atoms with Gasteiger partial charge in [0.05, 0.1) is 13.0 Å². The van der Waals surface area contributed by atoms with Crippen molar-refractivity contribution in [3.8, 4) is 0 Å². The molecule has 0 fully saturated rings. The second kappa shape index (κ2) is 9.17. The average Bonchev–Trinajstić information content (AvgIpc) is 2.36. The third-order valence-electron chi connectivity index (χ3n) is 2.98. The van der Waals surface area contributed by atoms with Crippen LogP contribution in [-0.4, -0.2) is 42.3 Å². The van der Waals surface area contributed by atoms with Crippen LogP contribution in [-0.2, 0) is 14.3 Å². The van der Waals surface area contributed by atoms with Crippen molar-refractivity contribution in [2.24, 2.45) is 5.92 Å². The number of ether oxygens (including phenoxy) is 1. The Hall–Kier alpha value is -1.79. The minimum atomic E-state index is -0.810. The third kappa shape index (κ3) is 7.60.